The van der Waals surface area contributed by atoms with Crippen molar-refractivity contribution in [3.8, 4) is 5.69 Å². The van der Waals surface area contributed by atoms with Crippen LogP contribution in [0.1, 0.15) is 35.5 Å². The van der Waals surface area contributed by atoms with Crippen molar-refractivity contribution in [1.82, 2.24) is 19.8 Å². The molecule has 1 fully saturated rings. The highest BCUT2D eigenvalue weighted by molar-refractivity contribution is 9.10. The average molecular weight is 561 g/mol. The summed E-state index contributed by atoms with van der Waals surface area (Å²) < 4.78 is 3.19. The highest BCUT2D eigenvalue weighted by atomic mass is 79.9. The first-order valence-electron chi connectivity index (χ1n) is 11.8. The molecule has 0 spiro atoms. The Labute approximate surface area is 224 Å². The van der Waals surface area contributed by atoms with Crippen molar-refractivity contribution in [2.24, 2.45) is 0 Å². The molecule has 5 rings (SSSR count). The number of benzene rings is 2. The number of hydrogen-bond acceptors (Lipinski definition) is 3. The van der Waals surface area contributed by atoms with Crippen molar-refractivity contribution in [3.05, 3.63) is 113 Å². The number of carbonyl (C=O) groups is 1. The third-order valence-electron chi connectivity index (χ3n) is 6.38. The van der Waals surface area contributed by atoms with E-state index in [-0.39, 0.29) is 18.0 Å². The number of amides is 1. The molecule has 2 aromatic heterocycles. The van der Waals surface area contributed by atoms with Crippen LogP contribution < -0.4 is 10.6 Å². The molecular weight excluding hydrogens is 534 g/mol. The lowest BCUT2D eigenvalue weighted by molar-refractivity contribution is -0.116. The number of hydrogen-bond donors (Lipinski definition) is 2. The number of anilines is 1. The molecule has 2 aromatic carbocycles. The summed E-state index contributed by atoms with van der Waals surface area (Å²) in [7, 11) is 0. The molecule has 1 amide bonds. The van der Waals surface area contributed by atoms with Gasteiger partial charge in [0, 0.05) is 46.9 Å². The van der Waals surface area contributed by atoms with Gasteiger partial charge in [0.2, 0.25) is 5.91 Å². The van der Waals surface area contributed by atoms with E-state index in [0.29, 0.717) is 18.1 Å². The van der Waals surface area contributed by atoms with E-state index in [0.717, 1.165) is 32.8 Å². The second-order valence-electron chi connectivity index (χ2n) is 8.71. The number of halogens is 1. The fourth-order valence-electron chi connectivity index (χ4n) is 4.59. The summed E-state index contributed by atoms with van der Waals surface area (Å²) in [6.45, 7) is 2.46. The molecule has 1 aliphatic rings. The second-order valence-corrected chi connectivity index (χ2v) is 10.0. The van der Waals surface area contributed by atoms with E-state index in [1.807, 2.05) is 67.6 Å². The molecule has 1 saturated heterocycles. The number of rotatable bonds is 7. The van der Waals surface area contributed by atoms with Gasteiger partial charge in [0.05, 0.1) is 17.8 Å². The summed E-state index contributed by atoms with van der Waals surface area (Å²) in [5.41, 5.74) is 4.88. The maximum Gasteiger partial charge on any atom is 0.226 e. The number of pyridine rings is 1. The molecule has 2 N–H and O–H groups in total. The Balaban J connectivity index is 1.44. The number of nitrogens with one attached hydrogen (secondary N) is 2. The number of para-hydroxylation sites is 1. The Kier molecular flexibility index (Phi) is 7.16. The smallest absolute Gasteiger partial charge is 0.226 e. The van der Waals surface area contributed by atoms with Gasteiger partial charge in [-0.3, -0.25) is 9.78 Å². The SMILES string of the molecule is Cc1ccccc1NC(=O)CCN1C(=S)NC(c2ccccn2)C1c1cccn1-c1ccc(Br)cc1. The van der Waals surface area contributed by atoms with Gasteiger partial charge in [-0.05, 0) is 79.3 Å². The summed E-state index contributed by atoms with van der Waals surface area (Å²) in [5, 5.41) is 7.12. The molecule has 8 heteroatoms. The predicted octanol–water partition coefficient (Wildman–Crippen LogP) is 5.94. The number of aryl methyl sites for hydroxylation is 1. The van der Waals surface area contributed by atoms with E-state index >= 15 is 0 Å². The zero-order valence-electron chi connectivity index (χ0n) is 19.8. The normalized spacial score (nSPS) is 17.2. The zero-order valence-corrected chi connectivity index (χ0v) is 22.2. The van der Waals surface area contributed by atoms with E-state index in [9.17, 15) is 4.79 Å². The van der Waals surface area contributed by atoms with Crippen molar-refractivity contribution in [1.29, 1.82) is 0 Å². The van der Waals surface area contributed by atoms with E-state index in [1.54, 1.807) is 6.20 Å². The first-order valence-corrected chi connectivity index (χ1v) is 13.0. The van der Waals surface area contributed by atoms with Gasteiger partial charge in [0.1, 0.15) is 0 Å². The maximum absolute atomic E-state index is 12.9. The Morgan fingerprint density at radius 3 is 2.58 bits per heavy atom. The van der Waals surface area contributed by atoms with Crippen LogP contribution in [0.2, 0.25) is 0 Å². The molecule has 2 atom stereocenters. The Hall–Kier alpha value is -3.49. The Bertz CT molecular complexity index is 1370. The fraction of sp³-hybridized carbons (Fsp3) is 0.179. The molecule has 0 radical (unpaired) electrons. The van der Waals surface area contributed by atoms with Gasteiger partial charge in [-0.2, -0.15) is 0 Å². The number of carbonyl (C=O) groups excluding carboxylic acids is 1. The topological polar surface area (TPSA) is 62.2 Å². The monoisotopic (exact) mass is 559 g/mol. The van der Waals surface area contributed by atoms with Crippen LogP contribution in [-0.4, -0.2) is 32.0 Å². The van der Waals surface area contributed by atoms with Gasteiger partial charge in [0.15, 0.2) is 5.11 Å². The van der Waals surface area contributed by atoms with Gasteiger partial charge in [-0.25, -0.2) is 0 Å². The Morgan fingerprint density at radius 2 is 1.83 bits per heavy atom. The molecule has 0 saturated carbocycles. The first-order chi connectivity index (χ1) is 17.5. The quantitative estimate of drug-likeness (QED) is 0.274. The summed E-state index contributed by atoms with van der Waals surface area (Å²) in [6, 6.07) is 25.7. The van der Waals surface area contributed by atoms with Crippen molar-refractivity contribution in [2.45, 2.75) is 25.4 Å². The predicted molar refractivity (Wildman–Crippen MR) is 150 cm³/mol. The van der Waals surface area contributed by atoms with Crippen LogP contribution in [0.4, 0.5) is 5.69 Å². The molecule has 182 valence electrons. The lowest BCUT2D eigenvalue weighted by Crippen LogP contribution is -2.33. The van der Waals surface area contributed by atoms with Crippen LogP contribution in [0, 0.1) is 6.92 Å². The van der Waals surface area contributed by atoms with Crippen LogP contribution in [0.5, 0.6) is 0 Å². The molecule has 0 aliphatic carbocycles. The largest absolute Gasteiger partial charge is 0.352 e. The number of nitrogens with zero attached hydrogens (tertiary/aromatic N) is 3. The minimum absolute atomic E-state index is 0.0459. The summed E-state index contributed by atoms with van der Waals surface area (Å²) >= 11 is 9.31. The highest BCUT2D eigenvalue weighted by Crippen LogP contribution is 2.39. The lowest BCUT2D eigenvalue weighted by atomic mass is 10.0. The minimum atomic E-state index is -0.151. The van der Waals surface area contributed by atoms with Crippen LogP contribution in [0.3, 0.4) is 0 Å². The Morgan fingerprint density at radius 1 is 1.06 bits per heavy atom. The first kappa shape index (κ1) is 24.2. The third-order valence-corrected chi connectivity index (χ3v) is 7.27. The van der Waals surface area contributed by atoms with Crippen LogP contribution >= 0.6 is 28.1 Å². The standard InChI is InChI=1S/C28H26BrN5OS/c1-19-7-2-3-8-22(19)31-25(35)15-18-34-27(26(32-28(34)36)23-9-4-5-16-30-23)24-10-6-17-33(24)21-13-11-20(29)12-14-21/h2-14,16-17,26-27H,15,18H2,1H3,(H,31,35)(H,32,36). The molecule has 1 aliphatic heterocycles. The van der Waals surface area contributed by atoms with Gasteiger partial charge < -0.3 is 20.1 Å². The molecule has 4 aromatic rings. The van der Waals surface area contributed by atoms with Crippen LogP contribution in [0.15, 0.2) is 95.7 Å². The second kappa shape index (κ2) is 10.6. The lowest BCUT2D eigenvalue weighted by Gasteiger charge is -2.29. The molecule has 2 unspecified atom stereocenters. The zero-order chi connectivity index (χ0) is 25.1. The number of thiocarbonyl (C=S) groups is 1. The van der Waals surface area contributed by atoms with E-state index < -0.39 is 0 Å². The van der Waals surface area contributed by atoms with Crippen LogP contribution in [-0.2, 0) is 4.79 Å². The molecule has 3 heterocycles. The fourth-order valence-corrected chi connectivity index (χ4v) is 5.18. The van der Waals surface area contributed by atoms with Crippen molar-refractivity contribution >= 4 is 44.9 Å². The molecule has 36 heavy (non-hydrogen) atoms. The van der Waals surface area contributed by atoms with Crippen molar-refractivity contribution < 1.29 is 4.79 Å². The highest BCUT2D eigenvalue weighted by Gasteiger charge is 2.41. The minimum Gasteiger partial charge on any atom is -0.352 e. The van der Waals surface area contributed by atoms with Crippen molar-refractivity contribution in [2.75, 3.05) is 11.9 Å². The van der Waals surface area contributed by atoms with E-state index in [4.69, 9.17) is 12.2 Å². The number of aromatic nitrogens is 2. The average Bonchev–Trinajstić information content (AvgIpc) is 3.49. The summed E-state index contributed by atoms with van der Waals surface area (Å²) in [5.74, 6) is -0.0459. The third kappa shape index (κ3) is 5.05. The van der Waals surface area contributed by atoms with E-state index in [1.165, 1.54) is 0 Å². The summed E-state index contributed by atoms with van der Waals surface area (Å²) in [6.07, 6.45) is 4.16. The van der Waals surface area contributed by atoms with Gasteiger partial charge in [-0.15, -0.1) is 0 Å². The van der Waals surface area contributed by atoms with E-state index in [2.05, 4.69) is 65.4 Å². The van der Waals surface area contributed by atoms with Crippen molar-refractivity contribution in [3.63, 3.8) is 0 Å². The van der Waals surface area contributed by atoms with Crippen LogP contribution in [0.25, 0.3) is 5.69 Å². The summed E-state index contributed by atoms with van der Waals surface area (Å²) in [4.78, 5) is 19.6. The molecule has 0 bridgehead atoms. The van der Waals surface area contributed by atoms with Gasteiger partial charge in [0.25, 0.3) is 0 Å². The van der Waals surface area contributed by atoms with Gasteiger partial charge in [-0.1, -0.05) is 40.2 Å². The maximum atomic E-state index is 12.9. The molecular formula is C28H26BrN5OS. The van der Waals surface area contributed by atoms with Gasteiger partial charge >= 0.3 is 0 Å². The molecule has 6 nitrogen and oxygen atoms in total.